The molecule has 51 heavy (non-hydrogen) atoms. The standard InChI is InChI=1S/C41H54N4O6/c1-25(2)30-22-40(30,37(49)39(5)24-51-39)44-36(48)33(20-28-14-10-7-11-15-28)43-38(50)41(23-31(41)26(3)4)45-35(47)32(42-34(46)21-29-16-17-29)19-18-27-12-8-6-9-13-27/h6-15,25-26,29-33H,16-24H2,1-5H3,(H,42,46)(H,43,50)(H,44,48)(H,45,47)/t30-,31?,32-,33-,39+,40+,41?/m0/s1. The Hall–Kier alpha value is -4.05. The van der Waals surface area contributed by atoms with E-state index in [-0.39, 0.29) is 41.8 Å². The summed E-state index contributed by atoms with van der Waals surface area (Å²) < 4.78 is 5.51. The molecule has 0 spiro atoms. The molecule has 4 fully saturated rings. The lowest BCUT2D eigenvalue weighted by atomic mass is 9.92. The Kier molecular flexibility index (Phi) is 10.5. The Morgan fingerprint density at radius 1 is 0.745 bits per heavy atom. The number of benzene rings is 2. The molecule has 6 rings (SSSR count). The first-order valence-corrected chi connectivity index (χ1v) is 18.8. The first-order chi connectivity index (χ1) is 24.3. The van der Waals surface area contributed by atoms with Crippen molar-refractivity contribution in [1.82, 2.24) is 21.3 Å². The van der Waals surface area contributed by atoms with E-state index in [0.717, 1.165) is 24.0 Å². The first-order valence-electron chi connectivity index (χ1n) is 18.8. The van der Waals surface area contributed by atoms with Gasteiger partial charge < -0.3 is 26.0 Å². The Morgan fingerprint density at radius 2 is 1.27 bits per heavy atom. The fourth-order valence-corrected chi connectivity index (χ4v) is 7.84. The zero-order valence-corrected chi connectivity index (χ0v) is 30.6. The molecule has 2 unspecified atom stereocenters. The summed E-state index contributed by atoms with van der Waals surface area (Å²) in [5, 5.41) is 12.2. The van der Waals surface area contributed by atoms with Gasteiger partial charge in [0, 0.05) is 12.8 Å². The summed E-state index contributed by atoms with van der Waals surface area (Å²) in [4.78, 5) is 69.4. The highest BCUT2D eigenvalue weighted by atomic mass is 16.6. The maximum absolute atomic E-state index is 14.4. The lowest BCUT2D eigenvalue weighted by Gasteiger charge is -2.29. The van der Waals surface area contributed by atoms with Gasteiger partial charge in [0.1, 0.15) is 28.8 Å². The average Bonchev–Trinajstić information content (AvgIpc) is 3.91. The third kappa shape index (κ3) is 8.37. The second kappa shape index (κ2) is 14.5. The van der Waals surface area contributed by atoms with Crippen LogP contribution in [0.15, 0.2) is 60.7 Å². The topological polar surface area (TPSA) is 146 Å². The largest absolute Gasteiger partial charge is 0.361 e. The van der Waals surface area contributed by atoms with Crippen LogP contribution >= 0.6 is 0 Å². The van der Waals surface area contributed by atoms with Gasteiger partial charge in [0.05, 0.1) is 6.61 Å². The van der Waals surface area contributed by atoms with Gasteiger partial charge in [-0.1, -0.05) is 88.4 Å². The van der Waals surface area contributed by atoms with Crippen molar-refractivity contribution in [3.63, 3.8) is 0 Å². The maximum atomic E-state index is 14.4. The van der Waals surface area contributed by atoms with Crippen LogP contribution in [0, 0.1) is 29.6 Å². The molecule has 2 aromatic carbocycles. The number of Topliss-reactive ketones (excluding diaryl/α,β-unsaturated/α-hetero) is 1. The van der Waals surface area contributed by atoms with Gasteiger partial charge in [-0.15, -0.1) is 0 Å². The maximum Gasteiger partial charge on any atom is 0.246 e. The van der Waals surface area contributed by atoms with Gasteiger partial charge in [-0.2, -0.15) is 0 Å². The Morgan fingerprint density at radius 3 is 1.80 bits per heavy atom. The molecule has 4 N–H and O–H groups in total. The van der Waals surface area contributed by atoms with Crippen LogP contribution in [0.3, 0.4) is 0 Å². The lowest BCUT2D eigenvalue weighted by Crippen LogP contribution is -2.61. The number of nitrogens with one attached hydrogen (secondary N) is 4. The van der Waals surface area contributed by atoms with Gasteiger partial charge in [0.2, 0.25) is 23.6 Å². The van der Waals surface area contributed by atoms with Gasteiger partial charge in [-0.25, -0.2) is 0 Å². The molecule has 10 nitrogen and oxygen atoms in total. The van der Waals surface area contributed by atoms with Crippen molar-refractivity contribution in [2.75, 3.05) is 6.61 Å². The van der Waals surface area contributed by atoms with Crippen molar-refractivity contribution < 1.29 is 28.7 Å². The van der Waals surface area contributed by atoms with Gasteiger partial charge >= 0.3 is 0 Å². The predicted octanol–water partition coefficient (Wildman–Crippen LogP) is 4.05. The van der Waals surface area contributed by atoms with Crippen LogP contribution in [-0.4, -0.2) is 64.8 Å². The summed E-state index contributed by atoms with van der Waals surface area (Å²) in [6.45, 7) is 10.2. The smallest absolute Gasteiger partial charge is 0.246 e. The molecule has 3 saturated carbocycles. The highest BCUT2D eigenvalue weighted by molar-refractivity contribution is 6.04. The molecule has 3 aliphatic carbocycles. The molecule has 1 aliphatic heterocycles. The predicted molar refractivity (Wildman–Crippen MR) is 193 cm³/mol. The van der Waals surface area contributed by atoms with Crippen molar-refractivity contribution >= 4 is 29.4 Å². The van der Waals surface area contributed by atoms with Crippen LogP contribution in [0.25, 0.3) is 0 Å². The molecular weight excluding hydrogens is 644 g/mol. The van der Waals surface area contributed by atoms with Gasteiger partial charge in [-0.05, 0) is 86.2 Å². The molecule has 274 valence electrons. The SMILES string of the molecule is CC(C)C1CC1(NC(=O)[C@H](CCc1ccccc1)NC(=O)CC1CC1)C(=O)N[C@@H](Cc1ccccc1)C(=O)N[C@]1(C(=O)[C@@]2(C)CO2)C[C@H]1C(C)C. The molecule has 7 atom stereocenters. The Bertz CT molecular complexity index is 1620. The minimum Gasteiger partial charge on any atom is -0.361 e. The Labute approximate surface area is 301 Å². The number of hydrogen-bond acceptors (Lipinski definition) is 6. The molecule has 4 aliphatic rings. The summed E-state index contributed by atoms with van der Waals surface area (Å²) in [5.74, 6) is -1.16. The summed E-state index contributed by atoms with van der Waals surface area (Å²) in [6, 6.07) is 17.4. The third-order valence-corrected chi connectivity index (χ3v) is 11.5. The number of aryl methyl sites for hydroxylation is 1. The highest BCUT2D eigenvalue weighted by Gasteiger charge is 2.69. The summed E-state index contributed by atoms with van der Waals surface area (Å²) >= 11 is 0. The molecule has 10 heteroatoms. The number of amides is 4. The third-order valence-electron chi connectivity index (χ3n) is 11.5. The molecule has 1 saturated heterocycles. The fourth-order valence-electron chi connectivity index (χ4n) is 7.84. The first kappa shape index (κ1) is 36.7. The van der Waals surface area contributed by atoms with Crippen molar-refractivity contribution in [3.05, 3.63) is 71.8 Å². The lowest BCUT2D eigenvalue weighted by molar-refractivity contribution is -0.136. The van der Waals surface area contributed by atoms with E-state index in [1.807, 2.05) is 88.4 Å². The number of carbonyl (C=O) groups is 5. The van der Waals surface area contributed by atoms with E-state index in [9.17, 15) is 24.0 Å². The van der Waals surface area contributed by atoms with Gasteiger partial charge in [0.25, 0.3) is 0 Å². The van der Waals surface area contributed by atoms with Crippen LogP contribution < -0.4 is 21.3 Å². The molecular formula is C41H54N4O6. The number of rotatable bonds is 18. The second-order valence-electron chi connectivity index (χ2n) is 16.4. The van der Waals surface area contributed by atoms with Crippen molar-refractivity contribution in [2.45, 2.75) is 115 Å². The van der Waals surface area contributed by atoms with Crippen LogP contribution in [0.5, 0.6) is 0 Å². The number of hydrogen-bond donors (Lipinski definition) is 4. The number of ketones is 1. The fraction of sp³-hybridized carbons (Fsp3) is 0.585. The van der Waals surface area contributed by atoms with E-state index in [2.05, 4.69) is 21.3 Å². The number of carbonyl (C=O) groups excluding carboxylic acids is 5. The zero-order chi connectivity index (χ0) is 36.6. The van der Waals surface area contributed by atoms with E-state index in [1.54, 1.807) is 6.92 Å². The van der Waals surface area contributed by atoms with E-state index < -0.39 is 46.5 Å². The molecule has 0 bridgehead atoms. The van der Waals surface area contributed by atoms with E-state index in [4.69, 9.17) is 4.74 Å². The van der Waals surface area contributed by atoms with Crippen molar-refractivity contribution in [2.24, 2.45) is 29.6 Å². The highest BCUT2D eigenvalue weighted by Crippen LogP contribution is 2.53. The van der Waals surface area contributed by atoms with E-state index in [0.29, 0.717) is 44.6 Å². The van der Waals surface area contributed by atoms with Gasteiger partial charge in [-0.3, -0.25) is 24.0 Å². The molecule has 2 aromatic rings. The summed E-state index contributed by atoms with van der Waals surface area (Å²) in [5.41, 5.74) is -1.30. The molecule has 1 heterocycles. The summed E-state index contributed by atoms with van der Waals surface area (Å²) in [7, 11) is 0. The van der Waals surface area contributed by atoms with Crippen LogP contribution in [0.4, 0.5) is 0 Å². The van der Waals surface area contributed by atoms with E-state index in [1.165, 1.54) is 0 Å². The van der Waals surface area contributed by atoms with Crippen LogP contribution in [0.1, 0.15) is 84.3 Å². The molecule has 0 aromatic heterocycles. The minimum absolute atomic E-state index is 0.0367. The Balaban J connectivity index is 1.21. The monoisotopic (exact) mass is 698 g/mol. The second-order valence-corrected chi connectivity index (χ2v) is 16.4. The number of epoxide rings is 1. The minimum atomic E-state index is -1.24. The zero-order valence-electron chi connectivity index (χ0n) is 30.6. The normalized spacial score (nSPS) is 28.7. The van der Waals surface area contributed by atoms with Crippen molar-refractivity contribution in [3.8, 4) is 0 Å². The van der Waals surface area contributed by atoms with Crippen LogP contribution in [0.2, 0.25) is 0 Å². The number of ether oxygens (including phenoxy) is 1. The quantitative estimate of drug-likeness (QED) is 0.173. The van der Waals surface area contributed by atoms with Crippen molar-refractivity contribution in [1.29, 1.82) is 0 Å². The van der Waals surface area contributed by atoms with Gasteiger partial charge in [0.15, 0.2) is 5.78 Å². The molecule has 0 radical (unpaired) electrons. The van der Waals surface area contributed by atoms with E-state index >= 15 is 0 Å². The molecule has 4 amide bonds. The van der Waals surface area contributed by atoms with Crippen LogP contribution in [-0.2, 0) is 41.6 Å². The average molecular weight is 699 g/mol. The summed E-state index contributed by atoms with van der Waals surface area (Å²) in [6.07, 6.45) is 4.53.